The number of rotatable bonds is 7. The van der Waals surface area contributed by atoms with Gasteiger partial charge in [0.15, 0.2) is 0 Å². The fourth-order valence-electron chi connectivity index (χ4n) is 9.66. The van der Waals surface area contributed by atoms with E-state index < -0.39 is 0 Å². The molecule has 433 valence electrons. The number of para-hydroxylation sites is 3. The van der Waals surface area contributed by atoms with Crippen molar-refractivity contribution in [2.24, 2.45) is 0 Å². The summed E-state index contributed by atoms with van der Waals surface area (Å²) in [5.41, 5.74) is 17.3. The molecule has 0 N–H and O–H groups in total. The Morgan fingerprint density at radius 3 is 1.37 bits per heavy atom. The molecule has 1 aliphatic rings. The number of aromatic nitrogens is 6. The average Bonchev–Trinajstić information content (AvgIpc) is 2.72. The van der Waals surface area contributed by atoms with Crippen LogP contribution in [0, 0.1) is 43.9 Å². The Labute approximate surface area is 550 Å². The Morgan fingerprint density at radius 1 is 0.368 bits per heavy atom. The molecule has 0 saturated heterocycles. The quantitative estimate of drug-likeness (QED) is 0.147. The van der Waals surface area contributed by atoms with Gasteiger partial charge in [0.1, 0.15) is 5.82 Å². The second-order valence-corrected chi connectivity index (χ2v) is 19.2. The zero-order valence-electron chi connectivity index (χ0n) is 47.4. The predicted octanol–water partition coefficient (Wildman–Crippen LogP) is 17.8. The minimum absolute atomic E-state index is 0. The molecule has 0 unspecified atom stereocenters. The Kier molecular flexibility index (Phi) is 23.8. The summed E-state index contributed by atoms with van der Waals surface area (Å²) >= 11 is 0. The van der Waals surface area contributed by atoms with Gasteiger partial charge in [-0.1, -0.05) is 103 Å². The van der Waals surface area contributed by atoms with Gasteiger partial charge in [-0.15, -0.1) is 143 Å². The molecule has 0 amide bonds. The zero-order chi connectivity index (χ0) is 57.1. The fraction of sp³-hybridized carbons (Fsp3) is 0.0263. The molecule has 0 saturated carbocycles. The van der Waals surface area contributed by atoms with Crippen molar-refractivity contribution in [3.05, 3.63) is 340 Å². The first kappa shape index (κ1) is 63.9. The Bertz CT molecular complexity index is 4110. The predicted molar refractivity (Wildman–Crippen MR) is 343 cm³/mol. The topological polar surface area (TPSA) is 75.9 Å². The number of anilines is 3. The maximum absolute atomic E-state index is 4.46. The normalized spacial score (nSPS) is 10.7. The Hall–Kier alpha value is -9.14. The monoisotopic (exact) mass is 1660 g/mol. The first-order valence-corrected chi connectivity index (χ1v) is 27.5. The zero-order valence-corrected chi connectivity index (χ0v) is 54.6. The van der Waals surface area contributed by atoms with Gasteiger partial charge >= 0.3 is 0 Å². The first-order chi connectivity index (χ1) is 41.6. The van der Waals surface area contributed by atoms with E-state index >= 15 is 0 Å². The number of hydrogen-bond acceptors (Lipinski definition) is 7. The van der Waals surface area contributed by atoms with Gasteiger partial charge < -0.3 is 34.3 Å². The van der Waals surface area contributed by atoms with Gasteiger partial charge in [-0.25, -0.2) is 4.98 Å². The van der Waals surface area contributed by atoms with E-state index in [0.29, 0.717) is 0 Å². The van der Waals surface area contributed by atoms with E-state index in [1.807, 2.05) is 201 Å². The molecule has 87 heavy (non-hydrogen) atoms. The molecule has 15 rings (SSSR count). The van der Waals surface area contributed by atoms with Crippen LogP contribution in [0.15, 0.2) is 298 Å². The fourth-order valence-corrected chi connectivity index (χ4v) is 9.66. The molecule has 8 aromatic carbocycles. The van der Waals surface area contributed by atoms with Gasteiger partial charge in [-0.2, -0.15) is 37.0 Å². The largest absolute Gasteiger partial charge is 0.502 e. The summed E-state index contributed by atoms with van der Waals surface area (Å²) in [5.74, 6) is 0.951. The number of nitrogens with zero attached hydrogens (tertiary/aromatic N) is 8. The van der Waals surface area contributed by atoms with Crippen LogP contribution in [0.3, 0.4) is 0 Å². The number of fused-ring (bicyclic) bond motifs is 4. The Balaban J connectivity index is 0.000000144. The molecular weight excluding hydrogens is 1600 g/mol. The van der Waals surface area contributed by atoms with E-state index in [0.717, 1.165) is 67.9 Å². The van der Waals surface area contributed by atoms with Crippen molar-refractivity contribution < 1.29 is 60.3 Å². The van der Waals surface area contributed by atoms with Crippen molar-refractivity contribution in [3.63, 3.8) is 0 Å². The average molecular weight is 1660 g/mol. The summed E-state index contributed by atoms with van der Waals surface area (Å²) in [6, 6.07) is 105. The summed E-state index contributed by atoms with van der Waals surface area (Å²) in [6.07, 6.45) is 9.06. The molecule has 7 heterocycles. The molecule has 0 aliphatic carbocycles. The van der Waals surface area contributed by atoms with Crippen molar-refractivity contribution in [3.8, 4) is 61.8 Å². The SMILES string of the molecule is CN1[CH-]N(c2[c-]cccc2)c2ncccc21.Cc1ccccc1-c1ccnc(-c2[c-]cccc2)c1.[Ir].[Ir].[Ir].[c-]1ccc(-n2c3ccccc3c3ccccc32)cc1-c1ccccn1.[c-]1ccccc1-c1ccccn1.[c-]1ccccc1-c1ccccn1. The van der Waals surface area contributed by atoms with Gasteiger partial charge in [0.05, 0.1) is 11.0 Å². The first-order valence-electron chi connectivity index (χ1n) is 27.5. The van der Waals surface area contributed by atoms with Gasteiger partial charge in [0.2, 0.25) is 0 Å². The molecule has 11 heteroatoms. The van der Waals surface area contributed by atoms with Crippen LogP contribution < -0.4 is 9.80 Å². The van der Waals surface area contributed by atoms with E-state index in [2.05, 4.69) is 175 Å². The van der Waals surface area contributed by atoms with Crippen LogP contribution in [0.4, 0.5) is 17.2 Å². The van der Waals surface area contributed by atoms with Crippen LogP contribution in [-0.4, -0.2) is 36.5 Å². The van der Waals surface area contributed by atoms with Gasteiger partial charge in [-0.05, 0) is 108 Å². The molecule has 3 radical (unpaired) electrons. The minimum Gasteiger partial charge on any atom is -0.502 e. The summed E-state index contributed by atoms with van der Waals surface area (Å²) in [5, 5.41) is 2.54. The van der Waals surface area contributed by atoms with Crippen LogP contribution in [0.1, 0.15) is 5.56 Å². The van der Waals surface area contributed by atoms with Crippen LogP contribution in [-0.2, 0) is 60.3 Å². The third-order valence-corrected chi connectivity index (χ3v) is 13.7. The van der Waals surface area contributed by atoms with Crippen molar-refractivity contribution in [1.29, 1.82) is 0 Å². The van der Waals surface area contributed by atoms with E-state index in [1.54, 1.807) is 12.4 Å². The van der Waals surface area contributed by atoms with E-state index in [-0.39, 0.29) is 60.3 Å². The number of aryl methyl sites for hydroxylation is 1. The second kappa shape index (κ2) is 32.4. The van der Waals surface area contributed by atoms with E-state index in [1.165, 1.54) is 38.5 Å². The smallest absolute Gasteiger partial charge is 0.124 e. The van der Waals surface area contributed by atoms with Crippen molar-refractivity contribution >= 4 is 39.0 Å². The van der Waals surface area contributed by atoms with Crippen LogP contribution in [0.5, 0.6) is 0 Å². The van der Waals surface area contributed by atoms with Gasteiger partial charge in [-0.3, -0.25) is 0 Å². The molecule has 8 nitrogen and oxygen atoms in total. The Morgan fingerprint density at radius 2 is 0.839 bits per heavy atom. The maximum Gasteiger partial charge on any atom is 0.124 e. The van der Waals surface area contributed by atoms with Crippen LogP contribution in [0.2, 0.25) is 0 Å². The molecular formula is C76H56Ir3N8-6. The third-order valence-electron chi connectivity index (χ3n) is 13.7. The van der Waals surface area contributed by atoms with Crippen molar-refractivity contribution in [2.45, 2.75) is 6.92 Å². The van der Waals surface area contributed by atoms with Crippen LogP contribution >= 0.6 is 0 Å². The molecule has 6 aromatic heterocycles. The summed E-state index contributed by atoms with van der Waals surface area (Å²) in [6.45, 7) is 4.15. The van der Waals surface area contributed by atoms with Gasteiger partial charge in [0.25, 0.3) is 0 Å². The standard InChI is InChI=1S/C23H15N2.C18H14N.C13H11N3.2C11H8N.3Ir/c1-3-13-22-19(10-1)20-11-2-4-14-23(20)25(22)18-9-7-8-17(16-18)21-12-5-6-15-24-21;1-14-7-5-6-10-17(14)16-11-12-19-18(13-16)15-8-3-2-4-9-15;1-15-10-16(11-6-3-2-4-7-11)13-12(15)8-5-9-14-13;2*1-2-6-10(7-3-1)11-8-4-5-9-12-11;;;/h1-7,9-16H;2-8,10-13H,1H3;2-6,8-10H,1H3;2*1-6,8-9H;;;/q2*-1;-2;2*-1;;;. The van der Waals surface area contributed by atoms with Crippen LogP contribution in [0.25, 0.3) is 83.6 Å². The molecule has 0 bridgehead atoms. The van der Waals surface area contributed by atoms with Crippen molar-refractivity contribution in [1.82, 2.24) is 29.5 Å². The van der Waals surface area contributed by atoms with E-state index in [9.17, 15) is 0 Å². The molecule has 1 aliphatic heterocycles. The molecule has 0 fully saturated rings. The number of hydrogen-bond donors (Lipinski definition) is 0. The summed E-state index contributed by atoms with van der Waals surface area (Å²) < 4.78 is 2.31. The second-order valence-electron chi connectivity index (χ2n) is 19.2. The third kappa shape index (κ3) is 16.2. The molecule has 0 spiro atoms. The minimum atomic E-state index is 0. The number of pyridine rings is 5. The summed E-state index contributed by atoms with van der Waals surface area (Å²) in [7, 11) is 2.02. The summed E-state index contributed by atoms with van der Waals surface area (Å²) in [4.78, 5) is 25.8. The molecule has 14 aromatic rings. The van der Waals surface area contributed by atoms with Gasteiger partial charge in [0, 0.05) is 108 Å². The van der Waals surface area contributed by atoms with E-state index in [4.69, 9.17) is 0 Å². The molecule has 0 atom stereocenters. The number of benzene rings is 8. The maximum atomic E-state index is 4.46. The van der Waals surface area contributed by atoms with Crippen molar-refractivity contribution in [2.75, 3.05) is 16.8 Å².